The summed E-state index contributed by atoms with van der Waals surface area (Å²) in [6.45, 7) is 2.43. The van der Waals surface area contributed by atoms with Crippen LogP contribution >= 0.6 is 11.8 Å². The van der Waals surface area contributed by atoms with E-state index in [0.29, 0.717) is 10.7 Å². The van der Waals surface area contributed by atoms with E-state index < -0.39 is 0 Å². The van der Waals surface area contributed by atoms with Crippen LogP contribution in [0.15, 0.2) is 47.5 Å². The van der Waals surface area contributed by atoms with Crippen LogP contribution in [0.5, 0.6) is 0 Å². The summed E-state index contributed by atoms with van der Waals surface area (Å²) in [5.41, 5.74) is 0.692. The average molecular weight is 312 g/mol. The molecule has 1 amide bonds. The van der Waals surface area contributed by atoms with Crippen molar-refractivity contribution in [2.24, 2.45) is 4.99 Å². The van der Waals surface area contributed by atoms with E-state index in [2.05, 4.69) is 4.99 Å². The highest BCUT2D eigenvalue weighted by Crippen LogP contribution is 2.20. The molecule has 1 aliphatic rings. The number of nitrogens with zero attached hydrogens (tertiary/aromatic N) is 2. The third-order valence-corrected chi connectivity index (χ3v) is 4.52. The lowest BCUT2D eigenvalue weighted by Gasteiger charge is -2.16. The van der Waals surface area contributed by atoms with Crippen molar-refractivity contribution in [1.29, 1.82) is 0 Å². The van der Waals surface area contributed by atoms with Gasteiger partial charge in [-0.25, -0.2) is 0 Å². The van der Waals surface area contributed by atoms with E-state index in [4.69, 9.17) is 0 Å². The molecule has 0 N–H and O–H groups in total. The Morgan fingerprint density at radius 1 is 1.18 bits per heavy atom. The van der Waals surface area contributed by atoms with E-state index in [1.54, 1.807) is 0 Å². The van der Waals surface area contributed by atoms with Crippen LogP contribution in [0.25, 0.3) is 10.8 Å². The van der Waals surface area contributed by atoms with Gasteiger partial charge in [0.2, 0.25) is 5.91 Å². The maximum atomic E-state index is 12.5. The van der Waals surface area contributed by atoms with Crippen LogP contribution in [0.3, 0.4) is 0 Å². The lowest BCUT2D eigenvalue weighted by Crippen LogP contribution is -2.31. The molecule has 4 nitrogen and oxygen atoms in total. The Labute approximate surface area is 133 Å². The van der Waals surface area contributed by atoms with Crippen LogP contribution in [0, 0.1) is 0 Å². The van der Waals surface area contributed by atoms with Gasteiger partial charge in [0.1, 0.15) is 0 Å². The van der Waals surface area contributed by atoms with Gasteiger partial charge < -0.3 is 4.90 Å². The lowest BCUT2D eigenvalue weighted by molar-refractivity contribution is -0.115. The molecule has 1 fully saturated rings. The summed E-state index contributed by atoms with van der Waals surface area (Å²) in [6, 6.07) is 13.7. The Morgan fingerprint density at radius 2 is 1.95 bits per heavy atom. The van der Waals surface area contributed by atoms with Crippen LogP contribution in [0.2, 0.25) is 0 Å². The molecule has 1 aliphatic heterocycles. The topological polar surface area (TPSA) is 49.7 Å². The summed E-state index contributed by atoms with van der Waals surface area (Å²) in [4.78, 5) is 29.5. The SMILES string of the molecule is CC(=O)N=C1SCCN1CC(=O)c1ccc2ccccc2c1. The summed E-state index contributed by atoms with van der Waals surface area (Å²) < 4.78 is 0. The maximum absolute atomic E-state index is 12.5. The second-order valence-electron chi connectivity index (χ2n) is 5.17. The number of rotatable bonds is 3. The molecule has 5 heteroatoms. The minimum absolute atomic E-state index is 0.0458. The normalized spacial score (nSPS) is 16.4. The van der Waals surface area contributed by atoms with Gasteiger partial charge in [-0.3, -0.25) is 9.59 Å². The second kappa shape index (κ2) is 6.32. The summed E-state index contributed by atoms with van der Waals surface area (Å²) in [5.74, 6) is 0.675. The fraction of sp³-hybridized carbons (Fsp3) is 0.235. The molecule has 0 aromatic heterocycles. The van der Waals surface area contributed by atoms with Crippen molar-refractivity contribution < 1.29 is 9.59 Å². The van der Waals surface area contributed by atoms with Gasteiger partial charge in [0.05, 0.1) is 6.54 Å². The van der Waals surface area contributed by atoms with Crippen molar-refractivity contribution in [2.75, 3.05) is 18.8 Å². The van der Waals surface area contributed by atoms with Crippen molar-refractivity contribution in [3.8, 4) is 0 Å². The number of amidine groups is 1. The zero-order chi connectivity index (χ0) is 15.5. The van der Waals surface area contributed by atoms with Crippen LogP contribution in [-0.2, 0) is 4.79 Å². The highest BCUT2D eigenvalue weighted by atomic mass is 32.2. The van der Waals surface area contributed by atoms with Crippen molar-refractivity contribution >= 4 is 39.4 Å². The molecular formula is C17H16N2O2S. The van der Waals surface area contributed by atoms with E-state index in [0.717, 1.165) is 23.1 Å². The highest BCUT2D eigenvalue weighted by Gasteiger charge is 2.22. The number of hydrogen-bond acceptors (Lipinski definition) is 3. The molecule has 3 rings (SSSR count). The Balaban J connectivity index is 1.79. The maximum Gasteiger partial charge on any atom is 0.244 e. The predicted octanol–water partition coefficient (Wildman–Crippen LogP) is 2.97. The first-order chi connectivity index (χ1) is 10.6. The van der Waals surface area contributed by atoms with Gasteiger partial charge in [0, 0.05) is 24.8 Å². The molecule has 1 heterocycles. The second-order valence-corrected chi connectivity index (χ2v) is 6.23. The smallest absolute Gasteiger partial charge is 0.244 e. The predicted molar refractivity (Wildman–Crippen MR) is 90.4 cm³/mol. The summed E-state index contributed by atoms with van der Waals surface area (Å²) >= 11 is 1.52. The number of Topliss-reactive ketones (excluding diaryl/α,β-unsaturated/α-hetero) is 1. The molecule has 0 spiro atoms. The van der Waals surface area contributed by atoms with Gasteiger partial charge in [-0.2, -0.15) is 4.99 Å². The first-order valence-corrected chi connectivity index (χ1v) is 8.11. The van der Waals surface area contributed by atoms with Crippen molar-refractivity contribution in [3.63, 3.8) is 0 Å². The third-order valence-electron chi connectivity index (χ3n) is 3.52. The number of carbonyl (C=O) groups is 2. The number of benzene rings is 2. The van der Waals surface area contributed by atoms with Gasteiger partial charge in [-0.15, -0.1) is 0 Å². The molecule has 22 heavy (non-hydrogen) atoms. The number of aliphatic imine (C=N–C) groups is 1. The first-order valence-electron chi connectivity index (χ1n) is 7.12. The van der Waals surface area contributed by atoms with E-state index in [9.17, 15) is 9.59 Å². The summed E-state index contributed by atoms with van der Waals surface area (Å²) in [6.07, 6.45) is 0. The van der Waals surface area contributed by atoms with Crippen molar-refractivity contribution in [2.45, 2.75) is 6.92 Å². The Kier molecular flexibility index (Phi) is 4.24. The number of ketones is 1. The molecule has 0 atom stereocenters. The fourth-order valence-electron chi connectivity index (χ4n) is 2.45. The van der Waals surface area contributed by atoms with Crippen molar-refractivity contribution in [3.05, 3.63) is 48.0 Å². The first kappa shape index (κ1) is 14.8. The number of amides is 1. The van der Waals surface area contributed by atoms with Crippen LogP contribution in [0.1, 0.15) is 17.3 Å². The summed E-state index contributed by atoms with van der Waals surface area (Å²) in [7, 11) is 0. The zero-order valence-corrected chi connectivity index (χ0v) is 13.1. The average Bonchev–Trinajstić information content (AvgIpc) is 2.93. The van der Waals surface area contributed by atoms with Gasteiger partial charge in [0.15, 0.2) is 11.0 Å². The van der Waals surface area contributed by atoms with Crippen LogP contribution < -0.4 is 0 Å². The number of thioether (sulfide) groups is 1. The Hall–Kier alpha value is -2.14. The molecule has 0 radical (unpaired) electrons. The minimum atomic E-state index is -0.229. The zero-order valence-electron chi connectivity index (χ0n) is 12.3. The molecule has 2 aromatic carbocycles. The molecule has 112 valence electrons. The molecule has 0 saturated carbocycles. The van der Waals surface area contributed by atoms with E-state index in [-0.39, 0.29) is 18.2 Å². The van der Waals surface area contributed by atoms with Crippen LogP contribution in [-0.4, -0.2) is 40.6 Å². The molecule has 0 aliphatic carbocycles. The van der Waals surface area contributed by atoms with Crippen molar-refractivity contribution in [1.82, 2.24) is 4.90 Å². The molecule has 0 bridgehead atoms. The number of hydrogen-bond donors (Lipinski definition) is 0. The van der Waals surface area contributed by atoms with Gasteiger partial charge >= 0.3 is 0 Å². The van der Waals surface area contributed by atoms with Gasteiger partial charge in [-0.1, -0.05) is 48.2 Å². The van der Waals surface area contributed by atoms with Gasteiger partial charge in [0.25, 0.3) is 0 Å². The molecular weight excluding hydrogens is 296 g/mol. The summed E-state index contributed by atoms with van der Waals surface area (Å²) in [5, 5.41) is 2.83. The standard InChI is InChI=1S/C17H16N2O2S/c1-12(20)18-17-19(8-9-22-17)11-16(21)15-7-6-13-4-2-3-5-14(13)10-15/h2-7,10H,8-9,11H2,1H3. The monoisotopic (exact) mass is 312 g/mol. The molecule has 1 saturated heterocycles. The fourth-order valence-corrected chi connectivity index (χ4v) is 3.47. The van der Waals surface area contributed by atoms with E-state index in [1.807, 2.05) is 47.4 Å². The Morgan fingerprint density at radius 3 is 2.73 bits per heavy atom. The quantitative estimate of drug-likeness (QED) is 0.818. The van der Waals surface area contributed by atoms with Gasteiger partial charge in [-0.05, 0) is 16.8 Å². The highest BCUT2D eigenvalue weighted by molar-refractivity contribution is 8.14. The molecule has 0 unspecified atom stereocenters. The lowest BCUT2D eigenvalue weighted by atomic mass is 10.0. The third kappa shape index (κ3) is 3.20. The van der Waals surface area contributed by atoms with E-state index in [1.165, 1.54) is 18.7 Å². The van der Waals surface area contributed by atoms with Crippen LogP contribution in [0.4, 0.5) is 0 Å². The minimum Gasteiger partial charge on any atom is -0.343 e. The number of carbonyl (C=O) groups excluding carboxylic acids is 2. The van der Waals surface area contributed by atoms with E-state index >= 15 is 0 Å². The Bertz CT molecular complexity index is 770. The largest absolute Gasteiger partial charge is 0.343 e. The molecule has 2 aromatic rings. The number of fused-ring (bicyclic) bond motifs is 1.